The monoisotopic (exact) mass is 459 g/mol. The van der Waals surface area contributed by atoms with E-state index in [0.29, 0.717) is 12.1 Å². The maximum absolute atomic E-state index is 12.6. The van der Waals surface area contributed by atoms with E-state index in [4.69, 9.17) is 0 Å². The van der Waals surface area contributed by atoms with E-state index in [1.54, 1.807) is 36.4 Å². The van der Waals surface area contributed by atoms with Crippen LogP contribution < -0.4 is 10.0 Å². The SMILES string of the molecule is CN(C)CC(C)(C)CNC(=O)c1ccc(CNS(=O)(=O)c2ccc(C(C)(C)C)cc2)cc1. The average molecular weight is 460 g/mol. The average Bonchev–Trinajstić information content (AvgIpc) is 2.69. The molecule has 7 heteroatoms. The Kier molecular flexibility index (Phi) is 8.26. The summed E-state index contributed by atoms with van der Waals surface area (Å²) < 4.78 is 27.9. The van der Waals surface area contributed by atoms with Gasteiger partial charge in [-0.05, 0) is 60.3 Å². The number of nitrogens with one attached hydrogen (secondary N) is 2. The number of carbonyl (C=O) groups is 1. The van der Waals surface area contributed by atoms with Gasteiger partial charge in [0.1, 0.15) is 0 Å². The maximum Gasteiger partial charge on any atom is 0.251 e. The van der Waals surface area contributed by atoms with Gasteiger partial charge >= 0.3 is 0 Å². The van der Waals surface area contributed by atoms with Gasteiger partial charge in [0.2, 0.25) is 10.0 Å². The van der Waals surface area contributed by atoms with Gasteiger partial charge in [0, 0.05) is 25.2 Å². The van der Waals surface area contributed by atoms with E-state index in [-0.39, 0.29) is 28.2 Å². The quantitative estimate of drug-likeness (QED) is 0.598. The van der Waals surface area contributed by atoms with Gasteiger partial charge in [-0.1, -0.05) is 58.9 Å². The van der Waals surface area contributed by atoms with Crippen LogP contribution in [0.4, 0.5) is 0 Å². The van der Waals surface area contributed by atoms with E-state index in [1.807, 2.05) is 26.2 Å². The zero-order valence-corrected chi connectivity index (χ0v) is 21.1. The van der Waals surface area contributed by atoms with Crippen molar-refractivity contribution in [1.82, 2.24) is 14.9 Å². The predicted molar refractivity (Wildman–Crippen MR) is 130 cm³/mol. The summed E-state index contributed by atoms with van der Waals surface area (Å²) in [6, 6.07) is 13.9. The molecule has 2 aromatic rings. The van der Waals surface area contributed by atoms with Gasteiger partial charge in [-0.15, -0.1) is 0 Å². The van der Waals surface area contributed by atoms with Crippen LogP contribution in [0.3, 0.4) is 0 Å². The fourth-order valence-electron chi connectivity index (χ4n) is 3.50. The van der Waals surface area contributed by atoms with Crippen LogP contribution in [-0.2, 0) is 22.0 Å². The number of carbonyl (C=O) groups excluding carboxylic acids is 1. The minimum atomic E-state index is -3.62. The summed E-state index contributed by atoms with van der Waals surface area (Å²) >= 11 is 0. The summed E-state index contributed by atoms with van der Waals surface area (Å²) in [6.07, 6.45) is 0. The lowest BCUT2D eigenvalue weighted by molar-refractivity contribution is 0.0929. The van der Waals surface area contributed by atoms with Crippen LogP contribution in [0.1, 0.15) is 56.1 Å². The highest BCUT2D eigenvalue weighted by Crippen LogP contribution is 2.23. The molecule has 0 aliphatic heterocycles. The number of hydrogen-bond acceptors (Lipinski definition) is 4. The summed E-state index contributed by atoms with van der Waals surface area (Å²) in [6.45, 7) is 12.1. The lowest BCUT2D eigenvalue weighted by Crippen LogP contribution is -2.39. The Morgan fingerprint density at radius 2 is 1.47 bits per heavy atom. The van der Waals surface area contributed by atoms with E-state index in [0.717, 1.165) is 17.7 Å². The molecule has 0 saturated carbocycles. The molecule has 2 N–H and O–H groups in total. The first kappa shape index (κ1) is 26.0. The van der Waals surface area contributed by atoms with Gasteiger partial charge in [-0.2, -0.15) is 0 Å². The molecule has 2 rings (SSSR count). The molecule has 0 bridgehead atoms. The third kappa shape index (κ3) is 7.73. The standard InChI is InChI=1S/C25H37N3O3S/c1-24(2,3)21-12-14-22(15-13-21)32(30,31)27-16-19-8-10-20(11-9-19)23(29)26-17-25(4,5)18-28(6)7/h8-15,27H,16-18H2,1-7H3,(H,26,29). The van der Waals surface area contributed by atoms with Crippen molar-refractivity contribution in [2.45, 2.75) is 51.5 Å². The zero-order chi connectivity index (χ0) is 24.2. The summed E-state index contributed by atoms with van der Waals surface area (Å²) in [5.74, 6) is -0.136. The minimum absolute atomic E-state index is 0.0359. The summed E-state index contributed by atoms with van der Waals surface area (Å²) in [5.41, 5.74) is 2.34. The van der Waals surface area contributed by atoms with Crippen LogP contribution in [0, 0.1) is 5.41 Å². The normalized spacial score (nSPS) is 12.8. The predicted octanol–water partition coefficient (Wildman–Crippen LogP) is 3.78. The molecule has 176 valence electrons. The van der Waals surface area contributed by atoms with E-state index in [2.05, 4.69) is 49.6 Å². The molecule has 0 unspecified atom stereocenters. The molecule has 0 atom stereocenters. The molecule has 0 spiro atoms. The Morgan fingerprint density at radius 1 is 0.906 bits per heavy atom. The fourth-order valence-corrected chi connectivity index (χ4v) is 4.52. The summed E-state index contributed by atoms with van der Waals surface area (Å²) in [4.78, 5) is 14.8. The third-order valence-electron chi connectivity index (χ3n) is 5.18. The third-order valence-corrected chi connectivity index (χ3v) is 6.60. The summed E-state index contributed by atoms with van der Waals surface area (Å²) in [5, 5.41) is 2.98. The van der Waals surface area contributed by atoms with Crippen molar-refractivity contribution in [3.05, 3.63) is 65.2 Å². The molecule has 0 aliphatic carbocycles. The Labute approximate surface area is 193 Å². The van der Waals surface area contributed by atoms with Gasteiger partial charge in [0.25, 0.3) is 5.91 Å². The van der Waals surface area contributed by atoms with Crippen LogP contribution in [0.5, 0.6) is 0 Å². The molecule has 1 amide bonds. The van der Waals surface area contributed by atoms with Crippen LogP contribution in [0.15, 0.2) is 53.4 Å². The Hall–Kier alpha value is -2.22. The van der Waals surface area contributed by atoms with Crippen molar-refractivity contribution in [3.8, 4) is 0 Å². The first-order valence-electron chi connectivity index (χ1n) is 10.8. The minimum Gasteiger partial charge on any atom is -0.351 e. The van der Waals surface area contributed by atoms with Gasteiger partial charge in [-0.25, -0.2) is 13.1 Å². The highest BCUT2D eigenvalue weighted by Gasteiger charge is 2.20. The first-order valence-corrected chi connectivity index (χ1v) is 12.3. The molecular formula is C25H37N3O3S. The number of nitrogens with zero attached hydrogens (tertiary/aromatic N) is 1. The molecule has 0 heterocycles. The molecule has 2 aromatic carbocycles. The Morgan fingerprint density at radius 3 is 1.97 bits per heavy atom. The maximum atomic E-state index is 12.6. The van der Waals surface area contributed by atoms with Crippen LogP contribution in [-0.4, -0.2) is 46.4 Å². The number of benzene rings is 2. The lowest BCUT2D eigenvalue weighted by atomic mass is 9.87. The second kappa shape index (κ2) is 10.1. The van der Waals surface area contributed by atoms with Gasteiger partial charge in [0.05, 0.1) is 4.90 Å². The molecule has 0 saturated heterocycles. The van der Waals surface area contributed by atoms with E-state index >= 15 is 0 Å². The fraction of sp³-hybridized carbons (Fsp3) is 0.480. The van der Waals surface area contributed by atoms with Crippen molar-refractivity contribution in [3.63, 3.8) is 0 Å². The van der Waals surface area contributed by atoms with Gasteiger partial charge in [0.15, 0.2) is 0 Å². The largest absolute Gasteiger partial charge is 0.351 e. The number of rotatable bonds is 9. The molecule has 0 fully saturated rings. The molecule has 0 aromatic heterocycles. The molecule has 0 radical (unpaired) electrons. The van der Waals surface area contributed by atoms with Gasteiger partial charge < -0.3 is 10.2 Å². The van der Waals surface area contributed by atoms with Gasteiger partial charge in [-0.3, -0.25) is 4.79 Å². The first-order chi connectivity index (χ1) is 14.7. The summed E-state index contributed by atoms with van der Waals surface area (Å²) in [7, 11) is 0.407. The van der Waals surface area contributed by atoms with Crippen LogP contribution >= 0.6 is 0 Å². The molecule has 0 aliphatic rings. The van der Waals surface area contributed by atoms with E-state index in [1.165, 1.54) is 0 Å². The van der Waals surface area contributed by atoms with Crippen LogP contribution in [0.25, 0.3) is 0 Å². The van der Waals surface area contributed by atoms with Crippen molar-refractivity contribution in [1.29, 1.82) is 0 Å². The van der Waals surface area contributed by atoms with E-state index in [9.17, 15) is 13.2 Å². The number of amides is 1. The zero-order valence-electron chi connectivity index (χ0n) is 20.3. The van der Waals surface area contributed by atoms with E-state index < -0.39 is 10.0 Å². The molecule has 6 nitrogen and oxygen atoms in total. The number of hydrogen-bond donors (Lipinski definition) is 2. The highest BCUT2D eigenvalue weighted by atomic mass is 32.2. The number of sulfonamides is 1. The Balaban J connectivity index is 1.95. The second-order valence-corrected chi connectivity index (χ2v) is 12.1. The smallest absolute Gasteiger partial charge is 0.251 e. The molecular weight excluding hydrogens is 422 g/mol. The topological polar surface area (TPSA) is 78.5 Å². The van der Waals surface area contributed by atoms with Crippen molar-refractivity contribution in [2.24, 2.45) is 5.41 Å². The van der Waals surface area contributed by atoms with Crippen LogP contribution in [0.2, 0.25) is 0 Å². The highest BCUT2D eigenvalue weighted by molar-refractivity contribution is 7.89. The van der Waals surface area contributed by atoms with Crippen molar-refractivity contribution >= 4 is 15.9 Å². The van der Waals surface area contributed by atoms with Crippen molar-refractivity contribution < 1.29 is 13.2 Å². The Bertz CT molecular complexity index is 1000. The van der Waals surface area contributed by atoms with Crippen molar-refractivity contribution in [2.75, 3.05) is 27.2 Å². The molecule has 32 heavy (non-hydrogen) atoms. The lowest BCUT2D eigenvalue weighted by Gasteiger charge is -2.28. The second-order valence-electron chi connectivity index (χ2n) is 10.4.